The number of pyridine rings is 2. The molecule has 3 heterocycles. The summed E-state index contributed by atoms with van der Waals surface area (Å²) in [6.07, 6.45) is 7.20. The maximum atomic E-state index is 12.6. The molecule has 0 saturated heterocycles. The Morgan fingerprint density at radius 2 is 1.92 bits per heavy atom. The normalized spacial score (nSPS) is 12.4. The first-order chi connectivity index (χ1) is 18.2. The first-order valence-corrected chi connectivity index (χ1v) is 12.8. The van der Waals surface area contributed by atoms with Crippen LogP contribution in [0.1, 0.15) is 26.3 Å². The Balaban J connectivity index is 1.37. The van der Waals surface area contributed by atoms with Crippen molar-refractivity contribution in [2.24, 2.45) is 0 Å². The van der Waals surface area contributed by atoms with Crippen LogP contribution in [0.4, 0.5) is 4.79 Å². The van der Waals surface area contributed by atoms with E-state index < -0.39 is 11.7 Å². The Labute approximate surface area is 226 Å². The van der Waals surface area contributed by atoms with Crippen LogP contribution in [-0.4, -0.2) is 39.3 Å². The zero-order valence-corrected chi connectivity index (χ0v) is 22.3. The topological polar surface area (TPSA) is 89.1 Å². The lowest BCUT2D eigenvalue weighted by Crippen LogP contribution is -2.43. The lowest BCUT2D eigenvalue weighted by Gasteiger charge is -2.24. The number of nitrogens with zero attached hydrogens (tertiary/aromatic N) is 2. The van der Waals surface area contributed by atoms with E-state index in [2.05, 4.69) is 26.3 Å². The van der Waals surface area contributed by atoms with Gasteiger partial charge in [0.15, 0.2) is 0 Å². The van der Waals surface area contributed by atoms with Gasteiger partial charge in [0.1, 0.15) is 23.1 Å². The van der Waals surface area contributed by atoms with Crippen molar-refractivity contribution in [3.05, 3.63) is 90.1 Å². The molecule has 5 rings (SSSR count). The largest absolute Gasteiger partial charge is 0.490 e. The van der Waals surface area contributed by atoms with E-state index in [4.69, 9.17) is 21.1 Å². The second-order valence-corrected chi connectivity index (χ2v) is 10.5. The molecule has 5 aromatic rings. The van der Waals surface area contributed by atoms with Crippen molar-refractivity contribution in [1.29, 1.82) is 0 Å². The van der Waals surface area contributed by atoms with Crippen LogP contribution in [0.25, 0.3) is 32.8 Å². The molecule has 0 saturated carbocycles. The van der Waals surface area contributed by atoms with Crippen molar-refractivity contribution in [2.45, 2.75) is 38.8 Å². The summed E-state index contributed by atoms with van der Waals surface area (Å²) in [5, 5.41) is 6.56. The van der Waals surface area contributed by atoms with Crippen LogP contribution >= 0.6 is 11.6 Å². The number of aromatic amines is 1. The Morgan fingerprint density at radius 3 is 2.76 bits per heavy atom. The van der Waals surface area contributed by atoms with Crippen molar-refractivity contribution in [2.75, 3.05) is 6.61 Å². The molecule has 1 amide bonds. The number of para-hydroxylation sites is 1. The van der Waals surface area contributed by atoms with Gasteiger partial charge in [-0.3, -0.25) is 4.98 Å². The quantitative estimate of drug-likeness (QED) is 0.223. The molecule has 38 heavy (non-hydrogen) atoms. The predicted molar refractivity (Wildman–Crippen MR) is 151 cm³/mol. The molecule has 0 radical (unpaired) electrons. The van der Waals surface area contributed by atoms with Gasteiger partial charge in [-0.1, -0.05) is 41.9 Å². The van der Waals surface area contributed by atoms with Crippen molar-refractivity contribution in [1.82, 2.24) is 20.3 Å². The maximum Gasteiger partial charge on any atom is 0.408 e. The van der Waals surface area contributed by atoms with Gasteiger partial charge in [-0.15, -0.1) is 0 Å². The third-order valence-corrected chi connectivity index (χ3v) is 6.38. The minimum absolute atomic E-state index is 0.213. The highest BCUT2D eigenvalue weighted by Crippen LogP contribution is 2.31. The van der Waals surface area contributed by atoms with Gasteiger partial charge in [-0.2, -0.15) is 0 Å². The molecule has 0 fully saturated rings. The second-order valence-electron chi connectivity index (χ2n) is 10.2. The monoisotopic (exact) mass is 528 g/mol. The molecule has 2 aromatic carbocycles. The number of fused-ring (bicyclic) bond motifs is 2. The summed E-state index contributed by atoms with van der Waals surface area (Å²) in [7, 11) is 0. The molecule has 0 aliphatic carbocycles. The summed E-state index contributed by atoms with van der Waals surface area (Å²) in [6.45, 7) is 5.72. The van der Waals surface area contributed by atoms with Crippen LogP contribution in [0.15, 0.2) is 79.4 Å². The number of nitrogens with one attached hydrogen (secondary N) is 2. The summed E-state index contributed by atoms with van der Waals surface area (Å²) >= 11 is 6.47. The summed E-state index contributed by atoms with van der Waals surface area (Å²) in [6, 6.07) is 17.6. The molecule has 3 aromatic heterocycles. The van der Waals surface area contributed by atoms with Crippen LogP contribution in [0, 0.1) is 0 Å². The van der Waals surface area contributed by atoms with E-state index >= 15 is 0 Å². The van der Waals surface area contributed by atoms with Gasteiger partial charge in [0.05, 0.1) is 12.2 Å². The van der Waals surface area contributed by atoms with Crippen molar-refractivity contribution in [3.63, 3.8) is 0 Å². The zero-order chi connectivity index (χ0) is 26.7. The highest BCUT2D eigenvalue weighted by molar-refractivity contribution is 6.32. The molecule has 0 bridgehead atoms. The lowest BCUT2D eigenvalue weighted by atomic mass is 10.0. The van der Waals surface area contributed by atoms with Crippen LogP contribution < -0.4 is 10.1 Å². The first kappa shape index (κ1) is 25.5. The summed E-state index contributed by atoms with van der Waals surface area (Å²) in [5.41, 5.74) is 3.19. The Hall–Kier alpha value is -4.10. The Bertz CT molecular complexity index is 1590. The van der Waals surface area contributed by atoms with E-state index in [1.807, 2.05) is 81.7 Å². The van der Waals surface area contributed by atoms with E-state index in [1.54, 1.807) is 12.4 Å². The molecular formula is C30H29ClN4O3. The molecule has 0 spiro atoms. The fraction of sp³-hybridized carbons (Fsp3) is 0.233. The van der Waals surface area contributed by atoms with Gasteiger partial charge in [0, 0.05) is 40.4 Å². The van der Waals surface area contributed by atoms with Crippen molar-refractivity contribution < 1.29 is 14.3 Å². The van der Waals surface area contributed by atoms with Gasteiger partial charge < -0.3 is 19.8 Å². The van der Waals surface area contributed by atoms with Gasteiger partial charge >= 0.3 is 6.09 Å². The number of hydrogen-bond acceptors (Lipinski definition) is 5. The number of H-pyrrole nitrogens is 1. The molecule has 194 valence electrons. The fourth-order valence-corrected chi connectivity index (χ4v) is 4.56. The molecule has 1 atom stereocenters. The highest BCUT2D eigenvalue weighted by atomic mass is 35.5. The summed E-state index contributed by atoms with van der Waals surface area (Å²) in [4.78, 5) is 24.4. The average Bonchev–Trinajstić information content (AvgIpc) is 3.29. The smallest absolute Gasteiger partial charge is 0.408 e. The number of benzene rings is 2. The minimum atomic E-state index is -0.610. The number of hydrogen-bond donors (Lipinski definition) is 2. The fourth-order valence-electron chi connectivity index (χ4n) is 4.35. The third kappa shape index (κ3) is 6.06. The Kier molecular flexibility index (Phi) is 7.20. The summed E-state index contributed by atoms with van der Waals surface area (Å²) < 4.78 is 11.7. The second kappa shape index (κ2) is 10.7. The molecule has 1 unspecified atom stereocenters. The molecule has 8 heteroatoms. The maximum absolute atomic E-state index is 12.6. The zero-order valence-electron chi connectivity index (χ0n) is 21.5. The van der Waals surface area contributed by atoms with E-state index in [9.17, 15) is 4.79 Å². The van der Waals surface area contributed by atoms with Crippen molar-refractivity contribution in [3.8, 4) is 16.9 Å². The van der Waals surface area contributed by atoms with Gasteiger partial charge in [0.2, 0.25) is 0 Å². The molecule has 0 aliphatic rings. The molecular weight excluding hydrogens is 500 g/mol. The standard InChI is InChI=1S/C30H29ClN4O3/c1-30(2,3)38-29(36)35-23(13-22-16-33-27-7-5-4-6-25(22)27)18-37-24-14-26(28(31)34-17-24)20-8-9-21-15-32-11-10-19(21)12-20/h4-12,14-17,23,33H,13,18H2,1-3H3,(H,35,36). The number of amides is 1. The Morgan fingerprint density at radius 1 is 1.08 bits per heavy atom. The van der Waals surface area contributed by atoms with Crippen LogP contribution in [0.3, 0.4) is 0 Å². The van der Waals surface area contributed by atoms with Gasteiger partial charge in [0.25, 0.3) is 0 Å². The minimum Gasteiger partial charge on any atom is -0.490 e. The van der Waals surface area contributed by atoms with E-state index in [1.165, 1.54) is 0 Å². The molecule has 7 nitrogen and oxygen atoms in total. The number of halogens is 1. The van der Waals surface area contributed by atoms with Gasteiger partial charge in [-0.25, -0.2) is 9.78 Å². The average molecular weight is 529 g/mol. The number of rotatable bonds is 7. The SMILES string of the molecule is CC(C)(C)OC(=O)NC(COc1cnc(Cl)c(-c2ccc3cnccc3c2)c1)Cc1c[nH]c2ccccc12. The third-order valence-electron chi connectivity index (χ3n) is 6.08. The number of aromatic nitrogens is 3. The molecule has 2 N–H and O–H groups in total. The number of ether oxygens (including phenoxy) is 2. The number of alkyl carbamates (subject to hydrolysis) is 1. The highest BCUT2D eigenvalue weighted by Gasteiger charge is 2.21. The van der Waals surface area contributed by atoms with E-state index in [0.717, 1.165) is 38.4 Å². The number of carbonyl (C=O) groups excluding carboxylic acids is 1. The van der Waals surface area contributed by atoms with Gasteiger partial charge in [-0.05, 0) is 68.0 Å². The summed E-state index contributed by atoms with van der Waals surface area (Å²) in [5.74, 6) is 0.550. The van der Waals surface area contributed by atoms with Crippen molar-refractivity contribution >= 4 is 39.4 Å². The number of carbonyl (C=O) groups is 1. The molecule has 0 aliphatic heterocycles. The van der Waals surface area contributed by atoms with E-state index in [-0.39, 0.29) is 12.6 Å². The van der Waals surface area contributed by atoms with E-state index in [0.29, 0.717) is 17.3 Å². The van der Waals surface area contributed by atoms with Crippen LogP contribution in [0.5, 0.6) is 5.75 Å². The first-order valence-electron chi connectivity index (χ1n) is 12.4. The predicted octanol–water partition coefficient (Wildman–Crippen LogP) is 6.95. The lowest BCUT2D eigenvalue weighted by molar-refractivity contribution is 0.0488. The van der Waals surface area contributed by atoms with Crippen LogP contribution in [0.2, 0.25) is 5.15 Å². The van der Waals surface area contributed by atoms with Crippen LogP contribution in [-0.2, 0) is 11.2 Å².